The van der Waals surface area contributed by atoms with Gasteiger partial charge in [-0.3, -0.25) is 0 Å². The minimum absolute atomic E-state index is 0.0582. The lowest BCUT2D eigenvalue weighted by molar-refractivity contribution is -0.0516. The Labute approximate surface area is 99.9 Å². The molecule has 1 aliphatic rings. The van der Waals surface area contributed by atoms with Gasteiger partial charge in [-0.25, -0.2) is 0 Å². The Balaban J connectivity index is 1.99. The number of nitrogens with one attached hydrogen (secondary N) is 1. The summed E-state index contributed by atoms with van der Waals surface area (Å²) in [5, 5.41) is 3.50. The summed E-state index contributed by atoms with van der Waals surface area (Å²) < 4.78 is 11.4. The summed E-state index contributed by atoms with van der Waals surface area (Å²) in [5.41, 5.74) is -0.0582. The number of hydrogen-bond donors (Lipinski definition) is 1. The molecule has 0 saturated heterocycles. The van der Waals surface area contributed by atoms with Gasteiger partial charge in [0.1, 0.15) is 0 Å². The molecule has 0 spiro atoms. The monoisotopic (exact) mass is 229 g/mol. The molecule has 1 rings (SSSR count). The smallest absolute Gasteiger partial charge is 0.0707 e. The Hall–Kier alpha value is -0.120. The van der Waals surface area contributed by atoms with E-state index in [1.807, 2.05) is 0 Å². The lowest BCUT2D eigenvalue weighted by Crippen LogP contribution is -2.31. The largest absolute Gasteiger partial charge is 0.375 e. The number of ether oxygens (including phenoxy) is 2. The molecular formula is C13H27NO2. The molecule has 16 heavy (non-hydrogen) atoms. The lowest BCUT2D eigenvalue weighted by Gasteiger charge is -2.21. The van der Waals surface area contributed by atoms with Crippen LogP contribution < -0.4 is 5.32 Å². The third-order valence-electron chi connectivity index (χ3n) is 2.64. The van der Waals surface area contributed by atoms with Crippen molar-refractivity contribution in [3.63, 3.8) is 0 Å². The summed E-state index contributed by atoms with van der Waals surface area (Å²) in [6.07, 6.45) is 4.08. The fourth-order valence-corrected chi connectivity index (χ4v) is 1.47. The Morgan fingerprint density at radius 2 is 1.94 bits per heavy atom. The van der Waals surface area contributed by atoms with Crippen molar-refractivity contribution < 1.29 is 9.47 Å². The van der Waals surface area contributed by atoms with Crippen LogP contribution in [0, 0.1) is 0 Å². The highest BCUT2D eigenvalue weighted by molar-refractivity contribution is 4.81. The van der Waals surface area contributed by atoms with Gasteiger partial charge < -0.3 is 14.8 Å². The molecule has 0 aromatic rings. The predicted molar refractivity (Wildman–Crippen MR) is 66.8 cm³/mol. The van der Waals surface area contributed by atoms with Gasteiger partial charge in [-0.05, 0) is 40.0 Å². The topological polar surface area (TPSA) is 30.5 Å². The van der Waals surface area contributed by atoms with Crippen LogP contribution in [0.4, 0.5) is 0 Å². The molecule has 1 N–H and O–H groups in total. The van der Waals surface area contributed by atoms with Crippen molar-refractivity contribution in [3.05, 3.63) is 0 Å². The molecule has 1 saturated carbocycles. The van der Waals surface area contributed by atoms with Crippen molar-refractivity contribution in [2.24, 2.45) is 0 Å². The van der Waals surface area contributed by atoms with Crippen molar-refractivity contribution in [2.45, 2.75) is 64.7 Å². The normalized spacial score (nSPS) is 18.8. The third kappa shape index (κ3) is 7.20. The van der Waals surface area contributed by atoms with Crippen molar-refractivity contribution in [2.75, 3.05) is 19.8 Å². The maximum absolute atomic E-state index is 5.78. The zero-order valence-electron chi connectivity index (χ0n) is 11.2. The number of hydrogen-bond acceptors (Lipinski definition) is 3. The van der Waals surface area contributed by atoms with E-state index in [0.717, 1.165) is 19.0 Å². The third-order valence-corrected chi connectivity index (χ3v) is 2.64. The maximum Gasteiger partial charge on any atom is 0.0707 e. The Bertz CT molecular complexity index is 185. The predicted octanol–water partition coefficient (Wildman–Crippen LogP) is 2.35. The summed E-state index contributed by atoms with van der Waals surface area (Å²) in [7, 11) is 0. The van der Waals surface area contributed by atoms with E-state index >= 15 is 0 Å². The molecule has 0 bridgehead atoms. The van der Waals surface area contributed by atoms with Gasteiger partial charge in [-0.1, -0.05) is 6.92 Å². The minimum atomic E-state index is -0.0582. The molecule has 3 heteroatoms. The summed E-state index contributed by atoms with van der Waals surface area (Å²) in [5.74, 6) is 0. The van der Waals surface area contributed by atoms with Gasteiger partial charge >= 0.3 is 0 Å². The van der Waals surface area contributed by atoms with Crippen molar-refractivity contribution >= 4 is 0 Å². The highest BCUT2D eigenvalue weighted by Gasteiger charge is 2.21. The van der Waals surface area contributed by atoms with Crippen LogP contribution in [-0.2, 0) is 9.47 Å². The van der Waals surface area contributed by atoms with E-state index in [1.54, 1.807) is 0 Å². The van der Waals surface area contributed by atoms with E-state index < -0.39 is 0 Å². The summed E-state index contributed by atoms with van der Waals surface area (Å²) >= 11 is 0. The maximum atomic E-state index is 5.78. The summed E-state index contributed by atoms with van der Waals surface area (Å²) in [4.78, 5) is 0. The van der Waals surface area contributed by atoms with E-state index in [1.165, 1.54) is 12.8 Å². The average Bonchev–Trinajstić information content (AvgIpc) is 2.99. The SMILES string of the molecule is CCC(CNC1CC1)OCCOC(C)(C)C. The average molecular weight is 229 g/mol. The van der Waals surface area contributed by atoms with Crippen LogP contribution in [0.15, 0.2) is 0 Å². The van der Waals surface area contributed by atoms with Crippen LogP contribution in [0.25, 0.3) is 0 Å². The van der Waals surface area contributed by atoms with E-state index in [0.29, 0.717) is 19.3 Å². The minimum Gasteiger partial charge on any atom is -0.375 e. The van der Waals surface area contributed by atoms with Gasteiger partial charge in [0.05, 0.1) is 24.9 Å². The zero-order valence-corrected chi connectivity index (χ0v) is 11.2. The summed E-state index contributed by atoms with van der Waals surface area (Å²) in [6, 6.07) is 0.767. The molecule has 96 valence electrons. The Kier molecular flexibility index (Phi) is 5.73. The second-order valence-electron chi connectivity index (χ2n) is 5.54. The van der Waals surface area contributed by atoms with Crippen LogP contribution in [-0.4, -0.2) is 37.5 Å². The van der Waals surface area contributed by atoms with Gasteiger partial charge in [-0.2, -0.15) is 0 Å². The van der Waals surface area contributed by atoms with E-state index in [-0.39, 0.29) is 5.60 Å². The van der Waals surface area contributed by atoms with Gasteiger partial charge in [0.15, 0.2) is 0 Å². The van der Waals surface area contributed by atoms with Crippen LogP contribution >= 0.6 is 0 Å². The Morgan fingerprint density at radius 3 is 2.44 bits per heavy atom. The first-order valence-corrected chi connectivity index (χ1v) is 6.50. The van der Waals surface area contributed by atoms with Crippen molar-refractivity contribution in [3.8, 4) is 0 Å². The van der Waals surface area contributed by atoms with Crippen LogP contribution in [0.2, 0.25) is 0 Å². The molecule has 0 aliphatic heterocycles. The quantitative estimate of drug-likeness (QED) is 0.648. The van der Waals surface area contributed by atoms with Crippen molar-refractivity contribution in [1.29, 1.82) is 0 Å². The Morgan fingerprint density at radius 1 is 1.25 bits per heavy atom. The molecule has 0 aromatic heterocycles. The van der Waals surface area contributed by atoms with Crippen molar-refractivity contribution in [1.82, 2.24) is 5.32 Å². The molecule has 0 heterocycles. The fraction of sp³-hybridized carbons (Fsp3) is 1.00. The molecule has 0 radical (unpaired) electrons. The van der Waals surface area contributed by atoms with E-state index in [2.05, 4.69) is 33.0 Å². The molecule has 1 atom stereocenters. The highest BCUT2D eigenvalue weighted by Crippen LogP contribution is 2.18. The zero-order chi connectivity index (χ0) is 12.0. The van der Waals surface area contributed by atoms with Gasteiger partial charge in [0.2, 0.25) is 0 Å². The second kappa shape index (κ2) is 6.58. The molecule has 3 nitrogen and oxygen atoms in total. The second-order valence-corrected chi connectivity index (χ2v) is 5.54. The summed E-state index contributed by atoms with van der Waals surface area (Å²) in [6.45, 7) is 10.7. The highest BCUT2D eigenvalue weighted by atomic mass is 16.5. The molecular weight excluding hydrogens is 202 g/mol. The molecule has 1 aliphatic carbocycles. The van der Waals surface area contributed by atoms with Gasteiger partial charge in [-0.15, -0.1) is 0 Å². The van der Waals surface area contributed by atoms with Crippen LogP contribution in [0.3, 0.4) is 0 Å². The first-order chi connectivity index (χ1) is 7.51. The molecule has 1 unspecified atom stereocenters. The molecule has 0 aromatic carbocycles. The van der Waals surface area contributed by atoms with Crippen LogP contribution in [0.5, 0.6) is 0 Å². The first-order valence-electron chi connectivity index (χ1n) is 6.50. The van der Waals surface area contributed by atoms with E-state index in [9.17, 15) is 0 Å². The van der Waals surface area contributed by atoms with Gasteiger partial charge in [0, 0.05) is 12.6 Å². The van der Waals surface area contributed by atoms with Crippen LogP contribution in [0.1, 0.15) is 47.0 Å². The first kappa shape index (κ1) is 13.9. The standard InChI is InChI=1S/C13H27NO2/c1-5-12(10-14-11-6-7-11)15-8-9-16-13(2,3)4/h11-12,14H,5-10H2,1-4H3. The van der Waals surface area contributed by atoms with E-state index in [4.69, 9.17) is 9.47 Å². The number of rotatable bonds is 8. The molecule has 0 amide bonds. The fourth-order valence-electron chi connectivity index (χ4n) is 1.47. The molecule has 1 fully saturated rings. The lowest BCUT2D eigenvalue weighted by atomic mass is 10.2. The van der Waals surface area contributed by atoms with Gasteiger partial charge in [0.25, 0.3) is 0 Å².